The maximum atomic E-state index is 8.91. The highest BCUT2D eigenvalue weighted by atomic mass is 16.7. The molecule has 2 fully saturated rings. The van der Waals surface area contributed by atoms with E-state index in [1.807, 2.05) is 12.1 Å². The predicted octanol–water partition coefficient (Wildman–Crippen LogP) is 4.25. The van der Waals surface area contributed by atoms with Gasteiger partial charge in [0.15, 0.2) is 0 Å². The van der Waals surface area contributed by atoms with Crippen LogP contribution in [0.15, 0.2) is 24.3 Å². The Bertz CT molecular complexity index is 567. The van der Waals surface area contributed by atoms with Crippen LogP contribution in [0.3, 0.4) is 0 Å². The highest BCUT2D eigenvalue weighted by molar-refractivity contribution is 5.33. The van der Waals surface area contributed by atoms with Gasteiger partial charge in [-0.25, -0.2) is 0 Å². The standard InChI is InChI=1S/C19H26N2O/c1-18(2,3)22-21-11-10-19(14-21)9-8-17(12-19)16-6-4-15(13-20)5-7-16/h4-7,17H,8-12,14H2,1-3H3. The van der Waals surface area contributed by atoms with Crippen LogP contribution in [0.25, 0.3) is 0 Å². The van der Waals surface area contributed by atoms with E-state index < -0.39 is 0 Å². The first-order valence-corrected chi connectivity index (χ1v) is 8.33. The largest absolute Gasteiger partial charge is 0.293 e. The first kappa shape index (κ1) is 15.5. The first-order valence-electron chi connectivity index (χ1n) is 8.33. The molecular formula is C19H26N2O. The summed E-state index contributed by atoms with van der Waals surface area (Å²) in [4.78, 5) is 6.05. The van der Waals surface area contributed by atoms with Gasteiger partial charge in [0.2, 0.25) is 0 Å². The van der Waals surface area contributed by atoms with Crippen molar-refractivity contribution in [2.75, 3.05) is 13.1 Å². The summed E-state index contributed by atoms with van der Waals surface area (Å²) < 4.78 is 0. The molecule has 2 atom stereocenters. The average Bonchev–Trinajstić information content (AvgIpc) is 3.05. The van der Waals surface area contributed by atoms with Gasteiger partial charge in [-0.15, -0.1) is 0 Å². The third-order valence-corrected chi connectivity index (χ3v) is 5.02. The zero-order chi connectivity index (χ0) is 15.8. The van der Waals surface area contributed by atoms with E-state index in [0.717, 1.165) is 18.7 Å². The quantitative estimate of drug-likeness (QED) is 0.819. The van der Waals surface area contributed by atoms with Crippen LogP contribution < -0.4 is 0 Å². The van der Waals surface area contributed by atoms with E-state index in [2.05, 4.69) is 44.0 Å². The van der Waals surface area contributed by atoms with Gasteiger partial charge in [-0.1, -0.05) is 12.1 Å². The molecule has 2 unspecified atom stereocenters. The number of benzene rings is 1. The summed E-state index contributed by atoms with van der Waals surface area (Å²) in [5.41, 5.74) is 2.48. The molecule has 3 heteroatoms. The Balaban J connectivity index is 1.63. The molecule has 1 aromatic rings. The summed E-state index contributed by atoms with van der Waals surface area (Å²) in [6.07, 6.45) is 5.05. The minimum atomic E-state index is -0.101. The molecule has 1 aliphatic carbocycles. The van der Waals surface area contributed by atoms with Crippen LogP contribution in [-0.2, 0) is 4.84 Å². The third kappa shape index (κ3) is 3.34. The molecule has 0 bridgehead atoms. The van der Waals surface area contributed by atoms with Gasteiger partial charge >= 0.3 is 0 Å². The molecule has 22 heavy (non-hydrogen) atoms. The normalized spacial score (nSPS) is 29.1. The Labute approximate surface area is 133 Å². The van der Waals surface area contributed by atoms with Gasteiger partial charge in [0, 0.05) is 13.1 Å². The Morgan fingerprint density at radius 3 is 2.59 bits per heavy atom. The summed E-state index contributed by atoms with van der Waals surface area (Å²) in [6.45, 7) is 8.47. The van der Waals surface area contributed by atoms with E-state index in [1.165, 1.54) is 31.2 Å². The molecule has 1 saturated heterocycles. The minimum Gasteiger partial charge on any atom is -0.293 e. The van der Waals surface area contributed by atoms with Crippen LogP contribution in [0.4, 0.5) is 0 Å². The van der Waals surface area contributed by atoms with Gasteiger partial charge in [-0.3, -0.25) is 4.84 Å². The van der Waals surface area contributed by atoms with Crippen molar-refractivity contribution in [2.45, 2.75) is 58.0 Å². The van der Waals surface area contributed by atoms with Gasteiger partial charge in [-0.2, -0.15) is 10.3 Å². The summed E-state index contributed by atoms with van der Waals surface area (Å²) >= 11 is 0. The van der Waals surface area contributed by atoms with E-state index in [9.17, 15) is 0 Å². The second kappa shape index (κ2) is 5.68. The molecule has 2 aliphatic rings. The van der Waals surface area contributed by atoms with E-state index >= 15 is 0 Å². The van der Waals surface area contributed by atoms with Gasteiger partial charge in [0.05, 0.1) is 17.2 Å². The summed E-state index contributed by atoms with van der Waals surface area (Å²) in [6, 6.07) is 10.4. The monoisotopic (exact) mass is 298 g/mol. The van der Waals surface area contributed by atoms with Crippen LogP contribution in [-0.4, -0.2) is 23.8 Å². The van der Waals surface area contributed by atoms with Crippen molar-refractivity contribution in [3.8, 4) is 6.07 Å². The van der Waals surface area contributed by atoms with Crippen molar-refractivity contribution >= 4 is 0 Å². The van der Waals surface area contributed by atoms with Crippen molar-refractivity contribution in [3.05, 3.63) is 35.4 Å². The zero-order valence-electron chi connectivity index (χ0n) is 13.9. The van der Waals surface area contributed by atoms with Crippen LogP contribution in [0, 0.1) is 16.7 Å². The fourth-order valence-electron chi connectivity index (χ4n) is 4.05. The van der Waals surface area contributed by atoms with E-state index in [-0.39, 0.29) is 5.60 Å². The smallest absolute Gasteiger partial charge is 0.0991 e. The molecule has 1 spiro atoms. The lowest BCUT2D eigenvalue weighted by Crippen LogP contribution is -2.33. The lowest BCUT2D eigenvalue weighted by molar-refractivity contribution is -0.220. The molecule has 1 aliphatic heterocycles. The van der Waals surface area contributed by atoms with Gasteiger partial charge < -0.3 is 0 Å². The number of rotatable bonds is 2. The predicted molar refractivity (Wildman–Crippen MR) is 87.2 cm³/mol. The lowest BCUT2D eigenvalue weighted by Gasteiger charge is -2.29. The van der Waals surface area contributed by atoms with Crippen LogP contribution >= 0.6 is 0 Å². The average molecular weight is 298 g/mol. The number of nitriles is 1. The Hall–Kier alpha value is -1.37. The third-order valence-electron chi connectivity index (χ3n) is 5.02. The van der Waals surface area contributed by atoms with Crippen molar-refractivity contribution in [2.24, 2.45) is 5.41 Å². The van der Waals surface area contributed by atoms with E-state index in [4.69, 9.17) is 10.1 Å². The van der Waals surface area contributed by atoms with E-state index in [1.54, 1.807) is 0 Å². The molecule has 0 N–H and O–H groups in total. The Morgan fingerprint density at radius 2 is 1.95 bits per heavy atom. The zero-order valence-corrected chi connectivity index (χ0v) is 13.9. The van der Waals surface area contributed by atoms with Gasteiger partial charge in [0.1, 0.15) is 0 Å². The molecule has 0 amide bonds. The minimum absolute atomic E-state index is 0.101. The van der Waals surface area contributed by atoms with Crippen molar-refractivity contribution in [1.29, 1.82) is 5.26 Å². The molecule has 118 valence electrons. The molecule has 0 aromatic heterocycles. The van der Waals surface area contributed by atoms with Gasteiger partial charge in [-0.05, 0) is 75.5 Å². The Morgan fingerprint density at radius 1 is 1.23 bits per heavy atom. The first-order chi connectivity index (χ1) is 10.4. The van der Waals surface area contributed by atoms with E-state index in [0.29, 0.717) is 11.3 Å². The molecule has 3 nitrogen and oxygen atoms in total. The highest BCUT2D eigenvalue weighted by Gasteiger charge is 2.45. The number of hydrogen-bond donors (Lipinski definition) is 0. The number of nitrogens with zero attached hydrogens (tertiary/aromatic N) is 2. The van der Waals surface area contributed by atoms with Crippen LogP contribution in [0.5, 0.6) is 0 Å². The maximum Gasteiger partial charge on any atom is 0.0991 e. The summed E-state index contributed by atoms with van der Waals surface area (Å²) in [5.74, 6) is 0.641. The number of hydrogen-bond acceptors (Lipinski definition) is 3. The molecule has 1 aromatic carbocycles. The van der Waals surface area contributed by atoms with Gasteiger partial charge in [0.25, 0.3) is 0 Å². The topological polar surface area (TPSA) is 36.3 Å². The fourth-order valence-corrected chi connectivity index (χ4v) is 4.05. The van der Waals surface area contributed by atoms with Crippen molar-refractivity contribution in [3.63, 3.8) is 0 Å². The summed E-state index contributed by atoms with van der Waals surface area (Å²) in [5, 5.41) is 11.1. The van der Waals surface area contributed by atoms with Crippen molar-refractivity contribution in [1.82, 2.24) is 5.06 Å². The molecule has 1 heterocycles. The summed E-state index contributed by atoms with van der Waals surface area (Å²) in [7, 11) is 0. The van der Waals surface area contributed by atoms with Crippen LogP contribution in [0.2, 0.25) is 0 Å². The maximum absolute atomic E-state index is 8.91. The van der Waals surface area contributed by atoms with Crippen LogP contribution in [0.1, 0.15) is 63.5 Å². The Kier molecular flexibility index (Phi) is 4.01. The lowest BCUT2D eigenvalue weighted by atomic mass is 9.83. The molecule has 3 rings (SSSR count). The molecular weight excluding hydrogens is 272 g/mol. The molecule has 1 saturated carbocycles. The molecule has 0 radical (unpaired) electrons. The van der Waals surface area contributed by atoms with Crippen molar-refractivity contribution < 1.29 is 4.84 Å². The second-order valence-corrected chi connectivity index (χ2v) is 7.99. The second-order valence-electron chi connectivity index (χ2n) is 7.99. The SMILES string of the molecule is CC(C)(C)ON1CCC2(CCC(c3ccc(C#N)cc3)C2)C1. The number of hydroxylamine groups is 2. The fraction of sp³-hybridized carbons (Fsp3) is 0.632. The highest BCUT2D eigenvalue weighted by Crippen LogP contribution is 2.51.